The first kappa shape index (κ1) is 28.2. The summed E-state index contributed by atoms with van der Waals surface area (Å²) in [5.74, 6) is 2.17. The van der Waals surface area contributed by atoms with Gasteiger partial charge < -0.3 is 25.8 Å². The molecule has 4 N–H and O–H groups in total. The maximum absolute atomic E-state index is 12.7. The standard InChI is InChI=1S/C26H40N8O.2ClH/c27-18-8-10-19(11-9-18)30-26-31-23(22-24(32-26)34(16-28-22)21-6-1-2-7-21)29-20-12-14-33(15-13-20)25(35)17-4-3-5-17;;/h16-21H,1-15,27H2,(H2,29,30,31,32);2*1H/t18-,19-;;. The maximum Gasteiger partial charge on any atom is 0.227 e. The van der Waals surface area contributed by atoms with Crippen LogP contribution >= 0.6 is 24.8 Å². The number of fused-ring (bicyclic) bond motifs is 1. The van der Waals surface area contributed by atoms with E-state index in [0.29, 0.717) is 30.0 Å². The fourth-order valence-corrected chi connectivity index (χ4v) is 6.33. The van der Waals surface area contributed by atoms with Crippen molar-refractivity contribution in [2.24, 2.45) is 11.7 Å². The summed E-state index contributed by atoms with van der Waals surface area (Å²) < 4.78 is 2.27. The third-order valence-electron chi connectivity index (χ3n) is 8.85. The zero-order valence-corrected chi connectivity index (χ0v) is 23.2. The number of carbonyl (C=O) groups excluding carboxylic acids is 1. The Kier molecular flexibility index (Phi) is 9.40. The molecule has 6 rings (SSSR count). The SMILES string of the molecule is Cl.Cl.N[C@H]1CC[C@H](Nc2nc(NC3CCN(C(=O)C4CCC4)CC3)c3ncn(C4CCCC4)c3n2)CC1. The second-order valence-corrected chi connectivity index (χ2v) is 11.3. The number of halogens is 2. The average molecular weight is 554 g/mol. The van der Waals surface area contributed by atoms with Crippen molar-refractivity contribution >= 4 is 53.7 Å². The van der Waals surface area contributed by atoms with Gasteiger partial charge in [0.25, 0.3) is 0 Å². The molecular weight excluding hydrogens is 511 g/mol. The van der Waals surface area contributed by atoms with Crippen molar-refractivity contribution in [2.45, 2.75) is 108 Å². The van der Waals surface area contributed by atoms with Crippen molar-refractivity contribution in [1.29, 1.82) is 0 Å². The number of rotatable bonds is 6. The highest BCUT2D eigenvalue weighted by molar-refractivity contribution is 5.86. The van der Waals surface area contributed by atoms with Gasteiger partial charge in [-0.05, 0) is 64.2 Å². The first-order valence-electron chi connectivity index (χ1n) is 14.0. The van der Waals surface area contributed by atoms with Crippen molar-refractivity contribution < 1.29 is 4.79 Å². The predicted octanol–water partition coefficient (Wildman–Crippen LogP) is 4.67. The Bertz CT molecular complexity index is 1040. The van der Waals surface area contributed by atoms with E-state index in [0.717, 1.165) is 81.4 Å². The van der Waals surface area contributed by atoms with Gasteiger partial charge in [0, 0.05) is 43.2 Å². The van der Waals surface area contributed by atoms with Crippen LogP contribution in [0.4, 0.5) is 11.8 Å². The molecule has 2 aromatic heterocycles. The first-order valence-corrected chi connectivity index (χ1v) is 14.0. The van der Waals surface area contributed by atoms with E-state index in [4.69, 9.17) is 20.7 Å². The number of hydrogen-bond donors (Lipinski definition) is 3. The Labute approximate surface area is 231 Å². The lowest BCUT2D eigenvalue weighted by Crippen LogP contribution is -2.46. The molecule has 11 heteroatoms. The Balaban J connectivity index is 0.00000160. The molecule has 3 heterocycles. The molecule has 1 saturated heterocycles. The smallest absolute Gasteiger partial charge is 0.227 e. The summed E-state index contributed by atoms with van der Waals surface area (Å²) in [7, 11) is 0. The topological polar surface area (TPSA) is 114 Å². The number of nitrogens with two attached hydrogens (primary N) is 1. The lowest BCUT2D eigenvalue weighted by molar-refractivity contribution is -0.139. The van der Waals surface area contributed by atoms with Crippen LogP contribution < -0.4 is 16.4 Å². The number of imidazole rings is 1. The number of nitrogens with zero attached hydrogens (tertiary/aromatic N) is 5. The Morgan fingerprint density at radius 2 is 1.51 bits per heavy atom. The molecule has 3 aliphatic carbocycles. The number of anilines is 2. The van der Waals surface area contributed by atoms with Gasteiger partial charge in [-0.3, -0.25) is 4.79 Å². The number of likely N-dealkylation sites (tertiary alicyclic amines) is 1. The molecule has 0 spiro atoms. The van der Waals surface area contributed by atoms with E-state index in [9.17, 15) is 4.79 Å². The highest BCUT2D eigenvalue weighted by Gasteiger charge is 2.32. The molecule has 2 aromatic rings. The van der Waals surface area contributed by atoms with E-state index in [-0.39, 0.29) is 36.8 Å². The minimum absolute atomic E-state index is 0. The third-order valence-corrected chi connectivity index (χ3v) is 8.85. The van der Waals surface area contributed by atoms with Crippen LogP contribution in [-0.2, 0) is 4.79 Å². The molecule has 0 unspecified atom stereocenters. The molecule has 4 fully saturated rings. The number of hydrogen-bond acceptors (Lipinski definition) is 7. The number of nitrogens with one attached hydrogen (secondary N) is 2. The van der Waals surface area contributed by atoms with Crippen LogP contribution in [0.15, 0.2) is 6.33 Å². The average Bonchev–Trinajstić information content (AvgIpc) is 3.50. The van der Waals surface area contributed by atoms with Gasteiger partial charge in [0.1, 0.15) is 0 Å². The number of carbonyl (C=O) groups is 1. The van der Waals surface area contributed by atoms with E-state index in [1.54, 1.807) is 0 Å². The van der Waals surface area contributed by atoms with Gasteiger partial charge in [-0.2, -0.15) is 9.97 Å². The van der Waals surface area contributed by atoms with Crippen LogP contribution in [-0.4, -0.2) is 61.5 Å². The van der Waals surface area contributed by atoms with Gasteiger partial charge in [-0.15, -0.1) is 24.8 Å². The van der Waals surface area contributed by atoms with Crippen LogP contribution in [0.25, 0.3) is 11.2 Å². The van der Waals surface area contributed by atoms with Gasteiger partial charge in [0.15, 0.2) is 17.0 Å². The molecule has 206 valence electrons. The fraction of sp³-hybridized carbons (Fsp3) is 0.769. The molecule has 0 radical (unpaired) electrons. The van der Waals surface area contributed by atoms with Crippen molar-refractivity contribution in [3.8, 4) is 0 Å². The second kappa shape index (κ2) is 12.3. The largest absolute Gasteiger partial charge is 0.365 e. The number of piperidine rings is 1. The van der Waals surface area contributed by atoms with Crippen molar-refractivity contribution in [2.75, 3.05) is 23.7 Å². The molecule has 0 bridgehead atoms. The predicted molar refractivity (Wildman–Crippen MR) is 152 cm³/mol. The van der Waals surface area contributed by atoms with Gasteiger partial charge in [-0.25, -0.2) is 4.98 Å². The third kappa shape index (κ3) is 6.09. The van der Waals surface area contributed by atoms with Crippen LogP contribution in [0, 0.1) is 5.92 Å². The summed E-state index contributed by atoms with van der Waals surface area (Å²) in [5, 5.41) is 7.32. The lowest BCUT2D eigenvalue weighted by Gasteiger charge is -2.37. The molecule has 4 aliphatic rings. The van der Waals surface area contributed by atoms with E-state index >= 15 is 0 Å². The molecule has 0 atom stereocenters. The quantitative estimate of drug-likeness (QED) is 0.476. The summed E-state index contributed by atoms with van der Waals surface area (Å²) >= 11 is 0. The van der Waals surface area contributed by atoms with Crippen molar-refractivity contribution in [1.82, 2.24) is 24.4 Å². The van der Waals surface area contributed by atoms with Crippen LogP contribution in [0.2, 0.25) is 0 Å². The van der Waals surface area contributed by atoms with Crippen molar-refractivity contribution in [3.05, 3.63) is 6.33 Å². The van der Waals surface area contributed by atoms with E-state index in [1.165, 1.54) is 32.1 Å². The molecule has 3 saturated carbocycles. The minimum atomic E-state index is 0. The summed E-state index contributed by atoms with van der Waals surface area (Å²) in [6, 6.07) is 1.45. The minimum Gasteiger partial charge on any atom is -0.365 e. The van der Waals surface area contributed by atoms with Crippen LogP contribution in [0.5, 0.6) is 0 Å². The van der Waals surface area contributed by atoms with E-state index < -0.39 is 0 Å². The second-order valence-electron chi connectivity index (χ2n) is 11.3. The monoisotopic (exact) mass is 552 g/mol. The lowest BCUT2D eigenvalue weighted by atomic mass is 9.84. The summed E-state index contributed by atoms with van der Waals surface area (Å²) in [6.07, 6.45) is 16.3. The molecule has 1 aliphatic heterocycles. The number of amides is 1. The van der Waals surface area contributed by atoms with Gasteiger partial charge in [0.2, 0.25) is 11.9 Å². The van der Waals surface area contributed by atoms with Gasteiger partial charge in [-0.1, -0.05) is 19.3 Å². The van der Waals surface area contributed by atoms with Crippen LogP contribution in [0.3, 0.4) is 0 Å². The van der Waals surface area contributed by atoms with E-state index in [1.807, 2.05) is 6.33 Å². The first-order chi connectivity index (χ1) is 17.1. The summed E-state index contributed by atoms with van der Waals surface area (Å²) in [4.78, 5) is 29.4. The Hall–Kier alpha value is -1.84. The molecule has 37 heavy (non-hydrogen) atoms. The highest BCUT2D eigenvalue weighted by Crippen LogP contribution is 2.34. The molecule has 0 aromatic carbocycles. The fourth-order valence-electron chi connectivity index (χ4n) is 6.33. The zero-order valence-electron chi connectivity index (χ0n) is 21.6. The molecule has 1 amide bonds. The Morgan fingerprint density at radius 1 is 0.838 bits per heavy atom. The Morgan fingerprint density at radius 3 is 2.16 bits per heavy atom. The molecule has 9 nitrogen and oxygen atoms in total. The van der Waals surface area contributed by atoms with Crippen molar-refractivity contribution in [3.63, 3.8) is 0 Å². The maximum atomic E-state index is 12.7. The van der Waals surface area contributed by atoms with Gasteiger partial charge in [0.05, 0.1) is 6.33 Å². The summed E-state index contributed by atoms with van der Waals surface area (Å²) in [5.41, 5.74) is 7.91. The van der Waals surface area contributed by atoms with Crippen LogP contribution in [0.1, 0.15) is 89.5 Å². The van der Waals surface area contributed by atoms with Gasteiger partial charge >= 0.3 is 0 Å². The highest BCUT2D eigenvalue weighted by atomic mass is 35.5. The van der Waals surface area contributed by atoms with E-state index in [2.05, 4.69) is 20.1 Å². The summed E-state index contributed by atoms with van der Waals surface area (Å²) in [6.45, 7) is 1.65. The normalized spacial score (nSPS) is 25.3. The number of aromatic nitrogens is 4. The molecular formula is C26H42Cl2N8O. The zero-order chi connectivity index (χ0) is 23.8.